The SMILES string of the molecule is CCOC(=O)C(C)(C)Oc1c(C)cc(CNCCc2nc(-c3ccc(C)cc3)oc2C)cc1C. The number of aryl methyl sites for hydroxylation is 4. The van der Waals surface area contributed by atoms with Crippen LogP contribution in [0.2, 0.25) is 0 Å². The largest absolute Gasteiger partial charge is 0.476 e. The summed E-state index contributed by atoms with van der Waals surface area (Å²) in [5.41, 5.74) is 5.27. The summed E-state index contributed by atoms with van der Waals surface area (Å²) in [5, 5.41) is 3.49. The van der Waals surface area contributed by atoms with E-state index in [9.17, 15) is 4.79 Å². The molecule has 182 valence electrons. The quantitative estimate of drug-likeness (QED) is 0.310. The molecule has 3 aromatic rings. The third-order valence-corrected chi connectivity index (χ3v) is 5.70. The third kappa shape index (κ3) is 6.26. The summed E-state index contributed by atoms with van der Waals surface area (Å²) in [4.78, 5) is 16.9. The van der Waals surface area contributed by atoms with E-state index in [1.165, 1.54) is 5.56 Å². The molecule has 0 radical (unpaired) electrons. The molecule has 0 unspecified atom stereocenters. The smallest absolute Gasteiger partial charge is 0.349 e. The predicted octanol–water partition coefficient (Wildman–Crippen LogP) is 5.63. The number of carbonyl (C=O) groups is 1. The van der Waals surface area contributed by atoms with Gasteiger partial charge in [-0.2, -0.15) is 0 Å². The van der Waals surface area contributed by atoms with Crippen molar-refractivity contribution in [1.82, 2.24) is 10.3 Å². The van der Waals surface area contributed by atoms with Crippen molar-refractivity contribution in [2.24, 2.45) is 0 Å². The molecule has 0 aliphatic heterocycles. The Bertz CT molecular complexity index is 1110. The molecule has 0 spiro atoms. The number of ether oxygens (including phenoxy) is 2. The molecule has 0 saturated heterocycles. The first kappa shape index (κ1) is 25.5. The number of nitrogens with zero attached hydrogens (tertiary/aromatic N) is 1. The molecule has 1 heterocycles. The molecule has 0 saturated carbocycles. The first-order valence-electron chi connectivity index (χ1n) is 11.8. The van der Waals surface area contributed by atoms with E-state index in [0.29, 0.717) is 12.5 Å². The van der Waals surface area contributed by atoms with Crippen molar-refractivity contribution in [2.45, 2.75) is 67.0 Å². The van der Waals surface area contributed by atoms with E-state index >= 15 is 0 Å². The fourth-order valence-corrected chi connectivity index (χ4v) is 3.82. The number of hydrogen-bond acceptors (Lipinski definition) is 6. The van der Waals surface area contributed by atoms with E-state index in [1.807, 2.05) is 32.9 Å². The average molecular weight is 465 g/mol. The van der Waals surface area contributed by atoms with Gasteiger partial charge in [0.2, 0.25) is 5.89 Å². The second-order valence-electron chi connectivity index (χ2n) is 9.21. The summed E-state index contributed by atoms with van der Waals surface area (Å²) in [7, 11) is 0. The van der Waals surface area contributed by atoms with E-state index in [4.69, 9.17) is 18.9 Å². The number of carbonyl (C=O) groups excluding carboxylic acids is 1. The average Bonchev–Trinajstić information content (AvgIpc) is 3.15. The summed E-state index contributed by atoms with van der Waals surface area (Å²) in [5.74, 6) is 1.88. The molecule has 0 bridgehead atoms. The lowest BCUT2D eigenvalue weighted by Gasteiger charge is -2.26. The Morgan fingerprint density at radius 1 is 1.06 bits per heavy atom. The Balaban J connectivity index is 1.57. The summed E-state index contributed by atoms with van der Waals surface area (Å²) >= 11 is 0. The molecule has 0 fully saturated rings. The van der Waals surface area contributed by atoms with Crippen LogP contribution in [0.15, 0.2) is 40.8 Å². The van der Waals surface area contributed by atoms with Gasteiger partial charge in [0.05, 0.1) is 12.3 Å². The van der Waals surface area contributed by atoms with Crippen LogP contribution >= 0.6 is 0 Å². The topological polar surface area (TPSA) is 73.6 Å². The van der Waals surface area contributed by atoms with Gasteiger partial charge < -0.3 is 19.2 Å². The minimum Gasteiger partial charge on any atom is -0.476 e. The van der Waals surface area contributed by atoms with E-state index in [0.717, 1.165) is 59.0 Å². The van der Waals surface area contributed by atoms with Gasteiger partial charge in [0, 0.05) is 25.1 Å². The minimum absolute atomic E-state index is 0.329. The molecular formula is C28H36N2O4. The number of esters is 1. The van der Waals surface area contributed by atoms with Crippen molar-refractivity contribution in [1.29, 1.82) is 0 Å². The van der Waals surface area contributed by atoms with Crippen molar-refractivity contribution in [3.05, 3.63) is 70.1 Å². The molecule has 6 heteroatoms. The lowest BCUT2D eigenvalue weighted by molar-refractivity contribution is -0.158. The van der Waals surface area contributed by atoms with Crippen LogP contribution in [0.5, 0.6) is 5.75 Å². The van der Waals surface area contributed by atoms with Gasteiger partial charge in [-0.3, -0.25) is 0 Å². The van der Waals surface area contributed by atoms with Crippen LogP contribution in [0, 0.1) is 27.7 Å². The van der Waals surface area contributed by atoms with Crippen molar-refractivity contribution in [3.8, 4) is 17.2 Å². The van der Waals surface area contributed by atoms with Crippen LogP contribution in [-0.2, 0) is 22.5 Å². The van der Waals surface area contributed by atoms with Crippen molar-refractivity contribution in [2.75, 3.05) is 13.2 Å². The molecule has 0 aliphatic carbocycles. The Morgan fingerprint density at radius 2 is 1.71 bits per heavy atom. The van der Waals surface area contributed by atoms with Gasteiger partial charge >= 0.3 is 5.97 Å². The van der Waals surface area contributed by atoms with Gasteiger partial charge in [-0.05, 0) is 77.3 Å². The second kappa shape index (κ2) is 10.9. The predicted molar refractivity (Wildman–Crippen MR) is 134 cm³/mol. The highest BCUT2D eigenvalue weighted by atomic mass is 16.6. The Kier molecular flexibility index (Phi) is 8.15. The van der Waals surface area contributed by atoms with E-state index in [-0.39, 0.29) is 5.97 Å². The molecule has 3 rings (SSSR count). The van der Waals surface area contributed by atoms with Gasteiger partial charge in [-0.15, -0.1) is 0 Å². The molecule has 0 atom stereocenters. The summed E-state index contributed by atoms with van der Waals surface area (Å²) in [6.07, 6.45) is 0.786. The normalized spacial score (nSPS) is 11.5. The van der Waals surface area contributed by atoms with Gasteiger partial charge in [0.15, 0.2) is 5.60 Å². The van der Waals surface area contributed by atoms with Crippen molar-refractivity contribution < 1.29 is 18.7 Å². The lowest BCUT2D eigenvalue weighted by atomic mass is 10.0. The zero-order valence-electron chi connectivity index (χ0n) is 21.4. The molecule has 1 aromatic heterocycles. The lowest BCUT2D eigenvalue weighted by Crippen LogP contribution is -2.40. The van der Waals surface area contributed by atoms with E-state index in [1.54, 1.807) is 20.8 Å². The number of oxazole rings is 1. The number of rotatable bonds is 10. The highest BCUT2D eigenvalue weighted by Crippen LogP contribution is 2.29. The summed E-state index contributed by atoms with van der Waals surface area (Å²) in [6.45, 7) is 15.1. The standard InChI is InChI=1S/C28H36N2O4/c1-8-32-27(31)28(6,7)34-25-19(3)15-22(16-20(25)4)17-29-14-13-24-21(5)33-26(30-24)23-11-9-18(2)10-12-23/h9-12,15-16,29H,8,13-14,17H2,1-7H3. The zero-order valence-corrected chi connectivity index (χ0v) is 21.4. The van der Waals surface area contributed by atoms with Gasteiger partial charge in [-0.25, -0.2) is 9.78 Å². The van der Waals surface area contributed by atoms with E-state index < -0.39 is 5.60 Å². The molecule has 0 aliphatic rings. The fraction of sp³-hybridized carbons (Fsp3) is 0.429. The monoisotopic (exact) mass is 464 g/mol. The maximum Gasteiger partial charge on any atom is 0.349 e. The Labute approximate surface area is 202 Å². The highest BCUT2D eigenvalue weighted by molar-refractivity contribution is 5.79. The van der Waals surface area contributed by atoms with Crippen LogP contribution in [-0.4, -0.2) is 29.7 Å². The number of hydrogen-bond donors (Lipinski definition) is 1. The molecule has 2 aromatic carbocycles. The van der Waals surface area contributed by atoms with Crippen LogP contribution in [0.25, 0.3) is 11.5 Å². The molecule has 6 nitrogen and oxygen atoms in total. The van der Waals surface area contributed by atoms with Gasteiger partial charge in [0.25, 0.3) is 0 Å². The highest BCUT2D eigenvalue weighted by Gasteiger charge is 2.32. The van der Waals surface area contributed by atoms with Crippen molar-refractivity contribution in [3.63, 3.8) is 0 Å². The Morgan fingerprint density at radius 3 is 2.32 bits per heavy atom. The molecular weight excluding hydrogens is 428 g/mol. The number of benzene rings is 2. The van der Waals surface area contributed by atoms with Gasteiger partial charge in [0.1, 0.15) is 11.5 Å². The maximum atomic E-state index is 12.2. The summed E-state index contributed by atoms with van der Waals surface area (Å²) in [6, 6.07) is 12.4. The fourth-order valence-electron chi connectivity index (χ4n) is 3.82. The zero-order chi connectivity index (χ0) is 24.9. The number of aromatic nitrogens is 1. The molecule has 34 heavy (non-hydrogen) atoms. The Hall–Kier alpha value is -3.12. The maximum absolute atomic E-state index is 12.2. The first-order valence-corrected chi connectivity index (χ1v) is 11.8. The third-order valence-electron chi connectivity index (χ3n) is 5.70. The molecule has 0 amide bonds. The van der Waals surface area contributed by atoms with Crippen LogP contribution in [0.3, 0.4) is 0 Å². The van der Waals surface area contributed by atoms with E-state index in [2.05, 4.69) is 36.5 Å². The second-order valence-corrected chi connectivity index (χ2v) is 9.21. The molecule has 1 N–H and O–H groups in total. The first-order chi connectivity index (χ1) is 16.1. The summed E-state index contributed by atoms with van der Waals surface area (Å²) < 4.78 is 17.1. The van der Waals surface area contributed by atoms with Crippen LogP contribution < -0.4 is 10.1 Å². The number of nitrogens with one attached hydrogen (secondary N) is 1. The minimum atomic E-state index is -1.04. The van der Waals surface area contributed by atoms with Crippen LogP contribution in [0.4, 0.5) is 0 Å². The van der Waals surface area contributed by atoms with Crippen LogP contribution in [0.1, 0.15) is 54.5 Å². The van der Waals surface area contributed by atoms with Crippen molar-refractivity contribution >= 4 is 5.97 Å². The van der Waals surface area contributed by atoms with Gasteiger partial charge in [-0.1, -0.05) is 29.8 Å².